The average Bonchev–Trinajstić information content (AvgIpc) is 1.67. The van der Waals surface area contributed by atoms with Gasteiger partial charge in [-0.3, -0.25) is 19.5 Å². The number of carbonyl (C=O) groups excluding carboxylic acids is 6. The van der Waals surface area contributed by atoms with E-state index in [1.54, 1.807) is 72.2 Å². The number of hydrogen-bond acceptors (Lipinski definition) is 16. The van der Waals surface area contributed by atoms with E-state index in [1.807, 2.05) is 69.2 Å². The number of ether oxygens (including phenoxy) is 9. The fourth-order valence-electron chi connectivity index (χ4n) is 12.7. The van der Waals surface area contributed by atoms with E-state index < -0.39 is 95.0 Å². The van der Waals surface area contributed by atoms with Gasteiger partial charge in [0.05, 0.1) is 69.7 Å². The molecule has 0 aromatic carbocycles. The molecule has 3 heterocycles. The molecule has 6 rings (SSSR count). The Morgan fingerprint density at radius 3 is 1.27 bits per heavy atom. The summed E-state index contributed by atoms with van der Waals surface area (Å²) < 4.78 is 79.1. The van der Waals surface area contributed by atoms with E-state index in [0.717, 1.165) is 83.1 Å². The van der Waals surface area contributed by atoms with Gasteiger partial charge in [-0.2, -0.15) is 12.8 Å². The maximum absolute atomic E-state index is 15.3. The van der Waals surface area contributed by atoms with E-state index in [1.165, 1.54) is 29.8 Å². The molecule has 21 nitrogen and oxygen atoms in total. The topological polar surface area (TPSA) is 231 Å². The van der Waals surface area contributed by atoms with Crippen LogP contribution in [0.1, 0.15) is 266 Å². The first-order valence-electron chi connectivity index (χ1n) is 35.8. The van der Waals surface area contributed by atoms with Crippen LogP contribution in [-0.2, 0) is 47.4 Å². The first-order valence-corrected chi connectivity index (χ1v) is 39.5. The van der Waals surface area contributed by atoms with Crippen molar-refractivity contribution in [1.82, 2.24) is 24.9 Å². The van der Waals surface area contributed by atoms with Crippen molar-refractivity contribution >= 4 is 90.6 Å². The average molecular weight is 1610 g/mol. The first-order chi connectivity index (χ1) is 44.2. The van der Waals surface area contributed by atoms with Gasteiger partial charge in [-0.05, 0) is 176 Å². The van der Waals surface area contributed by atoms with Gasteiger partial charge in [-0.15, -0.1) is 6.42 Å². The first kappa shape index (κ1) is 103. The number of amides is 5. The molecule has 0 spiro atoms. The molecule has 6 fully saturated rings. The van der Waals surface area contributed by atoms with Gasteiger partial charge in [-0.25, -0.2) is 32.8 Å². The molecule has 3 aliphatic heterocycles. The molecule has 3 saturated carbocycles. The summed E-state index contributed by atoms with van der Waals surface area (Å²) in [4.78, 5) is 79.5. The van der Waals surface area contributed by atoms with Crippen molar-refractivity contribution < 1.29 is 119 Å². The van der Waals surface area contributed by atoms with Gasteiger partial charge in [0.15, 0.2) is 0 Å². The van der Waals surface area contributed by atoms with Crippen LogP contribution in [0.25, 0.3) is 0 Å². The molecular weight excluding hydrogens is 1480 g/mol. The Hall–Kier alpha value is -1.77. The maximum atomic E-state index is 15.3. The van der Waals surface area contributed by atoms with Gasteiger partial charge in [0.1, 0.15) is 50.9 Å². The van der Waals surface area contributed by atoms with Crippen LogP contribution in [-0.4, -0.2) is 243 Å². The minimum absolute atomic E-state index is 0. The van der Waals surface area contributed by atoms with Crippen molar-refractivity contribution in [2.24, 2.45) is 0 Å². The molecular formula is C73H135Br2F2Mg2N5O16Si. The minimum atomic E-state index is -1.32. The number of aliphatic hydroxyl groups is 1. The van der Waals surface area contributed by atoms with Crippen molar-refractivity contribution in [2.75, 3.05) is 47.1 Å². The predicted octanol–water partition coefficient (Wildman–Crippen LogP) is 10.2. The molecule has 3 aliphatic carbocycles. The summed E-state index contributed by atoms with van der Waals surface area (Å²) in [6.07, 6.45) is 14.9. The summed E-state index contributed by atoms with van der Waals surface area (Å²) in [5.41, 5.74) is -7.75. The smallest absolute Gasteiger partial charge is 1.00 e. The Morgan fingerprint density at radius 2 is 0.921 bits per heavy atom. The van der Waals surface area contributed by atoms with Gasteiger partial charge in [0.25, 0.3) is 0 Å². The van der Waals surface area contributed by atoms with Crippen LogP contribution < -0.4 is 39.3 Å². The van der Waals surface area contributed by atoms with Crippen molar-refractivity contribution in [3.63, 3.8) is 0 Å². The third kappa shape index (κ3) is 40.3. The second-order valence-electron chi connectivity index (χ2n) is 34.1. The molecule has 4 atom stereocenters. The van der Waals surface area contributed by atoms with Gasteiger partial charge < -0.3 is 106 Å². The molecule has 5 amide bonds. The number of alkyl carbamates (subject to hydrolysis) is 1. The Labute approximate surface area is 663 Å². The molecule has 0 aromatic heterocycles. The van der Waals surface area contributed by atoms with E-state index in [4.69, 9.17) is 37.9 Å². The fraction of sp³-hybridized carbons (Fsp3) is 0.890. The summed E-state index contributed by atoms with van der Waals surface area (Å²) in [7, 11) is 1.64. The summed E-state index contributed by atoms with van der Waals surface area (Å²) in [5, 5.41) is 13.6. The van der Waals surface area contributed by atoms with E-state index in [-0.39, 0.29) is 130 Å². The molecule has 2 N–H and O–H groups in total. The van der Waals surface area contributed by atoms with Crippen molar-refractivity contribution in [3.05, 3.63) is 13.8 Å². The second kappa shape index (κ2) is 44.6. The largest absolute Gasteiger partial charge is 2.00 e. The van der Waals surface area contributed by atoms with Crippen LogP contribution in [0.2, 0.25) is 25.7 Å². The van der Waals surface area contributed by atoms with Crippen molar-refractivity contribution in [1.29, 1.82) is 0 Å². The van der Waals surface area contributed by atoms with Crippen LogP contribution in [0.3, 0.4) is 0 Å². The number of halogens is 4. The van der Waals surface area contributed by atoms with Gasteiger partial charge in [0.2, 0.25) is 0 Å². The van der Waals surface area contributed by atoms with Crippen LogP contribution >= 0.6 is 0 Å². The van der Waals surface area contributed by atoms with Crippen LogP contribution in [0.5, 0.6) is 0 Å². The number of hydrogen-bond donors (Lipinski definition) is 2. The number of nitrogens with one attached hydrogen (secondary N) is 1. The third-order valence-corrected chi connectivity index (χ3v) is 19.0. The minimum Gasteiger partial charge on any atom is -1.00 e. The molecule has 28 heteroatoms. The maximum Gasteiger partial charge on any atom is 2.00 e. The van der Waals surface area contributed by atoms with Gasteiger partial charge in [0, 0.05) is 34.5 Å². The normalized spacial score (nSPS) is 21.8. The summed E-state index contributed by atoms with van der Waals surface area (Å²) in [6, 6.07) is -0.402. The molecule has 6 aliphatic rings. The van der Waals surface area contributed by atoms with Gasteiger partial charge >= 0.3 is 82.5 Å². The standard InChI is InChI=1S/C21H41FN2O4Si.C17H30FNO3.C17H31NO4.C13H23NO5.C5H10.2BrH.2Mg/c1-20(2,3)28-18(25)23-17(15-21(22)11-9-8-10-12-21)16-24(4)19(26)27-13-14-29(5,6)7;1-15(2,3)22-14(20)19-13(12-21-16(19,4)5)11-17(18)9-7-6-8-10-17;1-15(2,3)22-14(19)18-13(12-21-16(18,4)5)11-17(20)9-7-6-8-10-17;1-12(2,3)19-11(16)14-9(7-10(15)17-6)8-18-13(14,4)5;1-3-5-4-2;;;;/h17H,8-16H2,1-7H3,(H,23,25);13H,6-12H2,1-5H3;13,20H,6-12H2,1-5H3;9H,7-8H2,1-6H3;1-5H2;2*1H;;/q;;;;-2;;;2*+2/p-2/t17-;2*13-;9-;;;;;/m0000...../s1. The summed E-state index contributed by atoms with van der Waals surface area (Å²) in [6.45, 7) is 48.4. The number of esters is 1. The number of rotatable bonds is 16. The quantitative estimate of drug-likeness (QED) is 0.0633. The number of nitrogens with zero attached hydrogens (tertiary/aromatic N) is 4. The molecule has 3 saturated heterocycles. The number of alkyl halides is 2. The van der Waals surface area contributed by atoms with Crippen molar-refractivity contribution in [3.8, 4) is 0 Å². The molecule has 0 aromatic rings. The molecule has 584 valence electrons. The number of likely N-dealkylation sites (N-methyl/N-ethyl adjacent to an activating group) is 1. The summed E-state index contributed by atoms with van der Waals surface area (Å²) in [5.74, 6) is -0.375. The Kier molecular flexibility index (Phi) is 45.7. The predicted molar refractivity (Wildman–Crippen MR) is 389 cm³/mol. The number of unbranched alkanes of at least 4 members (excludes halogenated alkanes) is 2. The molecule has 0 bridgehead atoms. The second-order valence-corrected chi connectivity index (χ2v) is 39.7. The Balaban J connectivity index is -0.00000123. The summed E-state index contributed by atoms with van der Waals surface area (Å²) >= 11 is 0. The zero-order valence-corrected chi connectivity index (χ0v) is 73.8. The molecule has 101 heavy (non-hydrogen) atoms. The monoisotopic (exact) mass is 1610 g/mol. The van der Waals surface area contributed by atoms with Crippen LogP contribution in [0.15, 0.2) is 0 Å². The molecule has 0 radical (unpaired) electrons. The third-order valence-electron chi connectivity index (χ3n) is 17.3. The number of methoxy groups -OCH3 is 1. The van der Waals surface area contributed by atoms with E-state index >= 15 is 8.78 Å². The molecule has 0 unspecified atom stereocenters. The Morgan fingerprint density at radius 1 is 0.574 bits per heavy atom. The van der Waals surface area contributed by atoms with E-state index in [9.17, 15) is 33.9 Å². The number of carbonyl (C=O) groups is 6. The van der Waals surface area contributed by atoms with Crippen molar-refractivity contribution in [2.45, 2.75) is 372 Å². The van der Waals surface area contributed by atoms with E-state index in [2.05, 4.69) is 43.5 Å². The van der Waals surface area contributed by atoms with Gasteiger partial charge in [-0.1, -0.05) is 77.4 Å². The fourth-order valence-corrected chi connectivity index (χ4v) is 13.4. The van der Waals surface area contributed by atoms with Crippen LogP contribution in [0.4, 0.5) is 32.8 Å². The SMILES string of the molecule is CC(C)(C)OC(=O)N1[C@@H](CC2(F)CCCCC2)COC1(C)C.CC(C)(C)OC(=O)N1[C@@H](CC2(O)CCCCC2)COC1(C)C.CN(C[C@H](CC1(F)CCCCC1)NC(=O)OC(C)(C)C)C(=O)OCC[Si](C)(C)C.COC(=O)C[C@H]1COC(C)(C)N1C(=O)OC(C)(C)C.[Br-].[Br-].[CH2-]CCC[CH2-].[Mg+2].[Mg+2]. The zero-order valence-electron chi connectivity index (χ0n) is 66.8. The van der Waals surface area contributed by atoms with E-state index in [0.29, 0.717) is 65.0 Å². The Bertz CT molecular complexity index is 2360. The van der Waals surface area contributed by atoms with Crippen LogP contribution in [0, 0.1) is 13.8 Å². The zero-order chi connectivity index (χ0) is 74.5.